The maximum absolute atomic E-state index is 10.3. The number of benzene rings is 1. The van der Waals surface area contributed by atoms with Crippen molar-refractivity contribution in [3.05, 3.63) is 29.8 Å². The molecule has 0 bridgehead atoms. The summed E-state index contributed by atoms with van der Waals surface area (Å²) in [6.45, 7) is 2.73. The summed E-state index contributed by atoms with van der Waals surface area (Å²) in [5.41, 5.74) is 0.966. The second kappa shape index (κ2) is 8.26. The van der Waals surface area contributed by atoms with Crippen LogP contribution in [-0.4, -0.2) is 12.6 Å². The SMILES string of the molecule is CCCOc1cccc(CCC(=O)[O-])c1.[Li+]. The number of aryl methyl sites for hydroxylation is 1. The molecule has 0 heterocycles. The molecule has 0 aliphatic rings. The predicted octanol–water partition coefficient (Wildman–Crippen LogP) is -1.84. The molecule has 0 amide bonds. The molecule has 0 spiro atoms. The Morgan fingerprint density at radius 2 is 2.19 bits per heavy atom. The number of hydrogen-bond donors (Lipinski definition) is 0. The van der Waals surface area contributed by atoms with Gasteiger partial charge in [0.25, 0.3) is 0 Å². The molecular formula is C12H15LiO3. The zero-order chi connectivity index (χ0) is 11.1. The number of carbonyl (C=O) groups excluding carboxylic acids is 1. The van der Waals surface area contributed by atoms with Gasteiger partial charge in [-0.15, -0.1) is 0 Å². The van der Waals surface area contributed by atoms with Gasteiger partial charge in [0.1, 0.15) is 5.75 Å². The van der Waals surface area contributed by atoms with Crippen molar-refractivity contribution in [1.29, 1.82) is 0 Å². The number of ether oxygens (including phenoxy) is 1. The zero-order valence-corrected chi connectivity index (χ0v) is 9.86. The maximum atomic E-state index is 10.3. The Kier molecular flexibility index (Phi) is 7.79. The van der Waals surface area contributed by atoms with Crippen molar-refractivity contribution in [3.8, 4) is 5.75 Å². The van der Waals surface area contributed by atoms with E-state index in [1.165, 1.54) is 0 Å². The van der Waals surface area contributed by atoms with E-state index in [1.54, 1.807) is 0 Å². The van der Waals surface area contributed by atoms with Crippen LogP contribution in [0, 0.1) is 0 Å². The second-order valence-electron chi connectivity index (χ2n) is 3.37. The van der Waals surface area contributed by atoms with E-state index in [4.69, 9.17) is 4.74 Å². The van der Waals surface area contributed by atoms with Gasteiger partial charge in [-0.25, -0.2) is 0 Å². The van der Waals surface area contributed by atoms with E-state index in [9.17, 15) is 9.90 Å². The fraction of sp³-hybridized carbons (Fsp3) is 0.417. The van der Waals surface area contributed by atoms with E-state index in [1.807, 2.05) is 31.2 Å². The van der Waals surface area contributed by atoms with Crippen molar-refractivity contribution < 1.29 is 33.5 Å². The molecule has 0 fully saturated rings. The van der Waals surface area contributed by atoms with E-state index < -0.39 is 5.97 Å². The molecule has 0 saturated heterocycles. The molecule has 0 aromatic heterocycles. The number of rotatable bonds is 6. The van der Waals surface area contributed by atoms with Crippen LogP contribution in [0.4, 0.5) is 0 Å². The molecule has 0 atom stereocenters. The fourth-order valence-corrected chi connectivity index (χ4v) is 1.26. The average molecular weight is 214 g/mol. The number of aliphatic carboxylic acids is 1. The minimum absolute atomic E-state index is 0. The van der Waals surface area contributed by atoms with Crippen LogP contribution in [0.15, 0.2) is 24.3 Å². The molecular weight excluding hydrogens is 199 g/mol. The van der Waals surface area contributed by atoms with Crippen molar-refractivity contribution >= 4 is 5.97 Å². The van der Waals surface area contributed by atoms with Gasteiger partial charge in [-0.3, -0.25) is 0 Å². The molecule has 0 radical (unpaired) electrons. The van der Waals surface area contributed by atoms with Gasteiger partial charge in [0, 0.05) is 5.97 Å². The van der Waals surface area contributed by atoms with Gasteiger partial charge in [-0.05, 0) is 37.0 Å². The molecule has 1 aromatic rings. The summed E-state index contributed by atoms with van der Waals surface area (Å²) in [4.78, 5) is 10.3. The first-order valence-electron chi connectivity index (χ1n) is 5.14. The van der Waals surface area contributed by atoms with Crippen LogP contribution in [0.25, 0.3) is 0 Å². The predicted molar refractivity (Wildman–Crippen MR) is 55.6 cm³/mol. The summed E-state index contributed by atoms with van der Waals surface area (Å²) in [6.07, 6.45) is 1.51. The molecule has 16 heavy (non-hydrogen) atoms. The van der Waals surface area contributed by atoms with Crippen LogP contribution >= 0.6 is 0 Å². The van der Waals surface area contributed by atoms with Gasteiger partial charge < -0.3 is 14.6 Å². The average Bonchev–Trinajstić information content (AvgIpc) is 2.24. The van der Waals surface area contributed by atoms with Crippen LogP contribution in [-0.2, 0) is 11.2 Å². The molecule has 1 aromatic carbocycles. The molecule has 0 saturated carbocycles. The van der Waals surface area contributed by atoms with Gasteiger partial charge in [0.15, 0.2) is 0 Å². The summed E-state index contributed by atoms with van der Waals surface area (Å²) in [7, 11) is 0. The van der Waals surface area contributed by atoms with Crippen LogP contribution in [0.5, 0.6) is 5.75 Å². The van der Waals surface area contributed by atoms with Crippen molar-refractivity contribution in [2.45, 2.75) is 26.2 Å². The molecule has 82 valence electrons. The third-order valence-corrected chi connectivity index (χ3v) is 1.99. The number of carboxylic acid groups (broad SMARTS) is 1. The third kappa shape index (κ3) is 5.84. The Labute approximate surface area is 108 Å². The van der Waals surface area contributed by atoms with Crippen molar-refractivity contribution in [3.63, 3.8) is 0 Å². The first-order valence-corrected chi connectivity index (χ1v) is 5.14. The quantitative estimate of drug-likeness (QED) is 0.523. The Morgan fingerprint density at radius 1 is 1.44 bits per heavy atom. The summed E-state index contributed by atoms with van der Waals surface area (Å²) in [5, 5.41) is 10.3. The van der Waals surface area contributed by atoms with Gasteiger partial charge in [0.05, 0.1) is 6.61 Å². The molecule has 0 aliphatic heterocycles. The molecule has 0 N–H and O–H groups in total. The normalized spacial score (nSPS) is 9.31. The minimum Gasteiger partial charge on any atom is -0.550 e. The van der Waals surface area contributed by atoms with Gasteiger partial charge in [-0.2, -0.15) is 0 Å². The molecule has 0 unspecified atom stereocenters. The number of hydrogen-bond acceptors (Lipinski definition) is 3. The number of carboxylic acids is 1. The Bertz CT molecular complexity index is 326. The van der Waals surface area contributed by atoms with Gasteiger partial charge >= 0.3 is 18.9 Å². The van der Waals surface area contributed by atoms with Crippen LogP contribution in [0.1, 0.15) is 25.3 Å². The Hall–Kier alpha value is -0.913. The standard InChI is InChI=1S/C12H16O3.Li/c1-2-8-15-11-5-3-4-10(9-11)6-7-12(13)14;/h3-5,9H,2,6-8H2,1H3,(H,13,14);/q;+1/p-1. The van der Waals surface area contributed by atoms with E-state index >= 15 is 0 Å². The largest absolute Gasteiger partial charge is 1.00 e. The fourth-order valence-electron chi connectivity index (χ4n) is 1.26. The molecule has 1 rings (SSSR count). The topological polar surface area (TPSA) is 49.4 Å². The van der Waals surface area contributed by atoms with E-state index in [0.29, 0.717) is 13.0 Å². The summed E-state index contributed by atoms with van der Waals surface area (Å²) >= 11 is 0. The Balaban J connectivity index is 0.00000225. The summed E-state index contributed by atoms with van der Waals surface area (Å²) in [5.74, 6) is -0.220. The van der Waals surface area contributed by atoms with Gasteiger partial charge in [0.2, 0.25) is 0 Å². The molecule has 0 aliphatic carbocycles. The summed E-state index contributed by atoms with van der Waals surface area (Å²) < 4.78 is 5.44. The van der Waals surface area contributed by atoms with E-state index in [-0.39, 0.29) is 25.3 Å². The second-order valence-corrected chi connectivity index (χ2v) is 3.37. The van der Waals surface area contributed by atoms with Gasteiger partial charge in [-0.1, -0.05) is 19.1 Å². The zero-order valence-electron chi connectivity index (χ0n) is 9.86. The third-order valence-electron chi connectivity index (χ3n) is 1.99. The smallest absolute Gasteiger partial charge is 0.550 e. The van der Waals surface area contributed by atoms with Crippen molar-refractivity contribution in [2.75, 3.05) is 6.61 Å². The van der Waals surface area contributed by atoms with Crippen LogP contribution in [0.2, 0.25) is 0 Å². The minimum atomic E-state index is -1.02. The van der Waals surface area contributed by atoms with E-state index in [2.05, 4.69) is 0 Å². The first kappa shape index (κ1) is 15.1. The maximum Gasteiger partial charge on any atom is 1.00 e. The van der Waals surface area contributed by atoms with Crippen molar-refractivity contribution in [2.24, 2.45) is 0 Å². The monoisotopic (exact) mass is 214 g/mol. The first-order chi connectivity index (χ1) is 7.22. The van der Waals surface area contributed by atoms with Crippen molar-refractivity contribution in [1.82, 2.24) is 0 Å². The summed E-state index contributed by atoms with van der Waals surface area (Å²) in [6, 6.07) is 7.51. The van der Waals surface area contributed by atoms with Crippen LogP contribution < -0.4 is 28.7 Å². The Morgan fingerprint density at radius 3 is 2.81 bits per heavy atom. The molecule has 3 nitrogen and oxygen atoms in total. The molecule has 4 heteroatoms. The number of carbonyl (C=O) groups is 1. The van der Waals surface area contributed by atoms with Crippen LogP contribution in [0.3, 0.4) is 0 Å². The van der Waals surface area contributed by atoms with E-state index in [0.717, 1.165) is 17.7 Å².